The fraction of sp³-hybridized carbons (Fsp3) is 0.588. The molecule has 2 unspecified atom stereocenters. The van der Waals surface area contributed by atoms with E-state index in [1.165, 1.54) is 5.56 Å². The van der Waals surface area contributed by atoms with Gasteiger partial charge in [0.25, 0.3) is 0 Å². The molecule has 116 valence electrons. The molecule has 4 heteroatoms. The Morgan fingerprint density at radius 1 is 1.38 bits per heavy atom. The predicted octanol–water partition coefficient (Wildman–Crippen LogP) is 1.70. The van der Waals surface area contributed by atoms with E-state index < -0.39 is 0 Å². The standard InChI is InChI=1S/C17H26N2O2/c1-12-4-6-14(7-5-12)10-18-17(21)13(2)19(3)11-16(20)15-8-9-15/h4-7,13,15-16,20H,8-11H2,1-3H3,(H,18,21). The molecular weight excluding hydrogens is 264 g/mol. The summed E-state index contributed by atoms with van der Waals surface area (Å²) in [7, 11) is 1.89. The van der Waals surface area contributed by atoms with Crippen molar-refractivity contribution in [3.8, 4) is 0 Å². The molecule has 0 aliphatic heterocycles. The Bertz CT molecular complexity index is 468. The van der Waals surface area contributed by atoms with Crippen LogP contribution in [0.2, 0.25) is 0 Å². The van der Waals surface area contributed by atoms with Crippen LogP contribution in [0.3, 0.4) is 0 Å². The number of amides is 1. The molecule has 1 amide bonds. The number of carbonyl (C=O) groups is 1. The van der Waals surface area contributed by atoms with Crippen LogP contribution in [0.5, 0.6) is 0 Å². The van der Waals surface area contributed by atoms with E-state index >= 15 is 0 Å². The third-order valence-electron chi connectivity index (χ3n) is 4.27. The fourth-order valence-corrected chi connectivity index (χ4v) is 2.33. The van der Waals surface area contributed by atoms with Gasteiger partial charge in [0.2, 0.25) is 5.91 Å². The van der Waals surface area contributed by atoms with Gasteiger partial charge in [0.05, 0.1) is 12.1 Å². The van der Waals surface area contributed by atoms with Crippen LogP contribution in [0.25, 0.3) is 0 Å². The molecule has 21 heavy (non-hydrogen) atoms. The zero-order valence-corrected chi connectivity index (χ0v) is 13.2. The molecule has 4 nitrogen and oxygen atoms in total. The quantitative estimate of drug-likeness (QED) is 0.803. The molecule has 1 aromatic rings. The van der Waals surface area contributed by atoms with Gasteiger partial charge in [-0.1, -0.05) is 29.8 Å². The molecule has 0 spiro atoms. The van der Waals surface area contributed by atoms with Gasteiger partial charge in [0.1, 0.15) is 0 Å². The molecule has 0 bridgehead atoms. The molecular formula is C17H26N2O2. The second kappa shape index (κ2) is 7.05. The van der Waals surface area contributed by atoms with Crippen LogP contribution < -0.4 is 5.32 Å². The van der Waals surface area contributed by atoms with E-state index in [2.05, 4.69) is 5.32 Å². The lowest BCUT2D eigenvalue weighted by Gasteiger charge is -2.26. The Morgan fingerprint density at radius 3 is 2.57 bits per heavy atom. The molecule has 0 heterocycles. The summed E-state index contributed by atoms with van der Waals surface area (Å²) in [5.74, 6) is 0.441. The van der Waals surface area contributed by atoms with Gasteiger partial charge in [-0.15, -0.1) is 0 Å². The number of nitrogens with zero attached hydrogens (tertiary/aromatic N) is 1. The number of benzene rings is 1. The highest BCUT2D eigenvalue weighted by Crippen LogP contribution is 2.32. The summed E-state index contributed by atoms with van der Waals surface area (Å²) in [6.07, 6.45) is 1.92. The largest absolute Gasteiger partial charge is 0.392 e. The van der Waals surface area contributed by atoms with E-state index in [4.69, 9.17) is 0 Å². The van der Waals surface area contributed by atoms with E-state index in [9.17, 15) is 9.90 Å². The Hall–Kier alpha value is -1.39. The van der Waals surface area contributed by atoms with E-state index in [0.717, 1.165) is 18.4 Å². The van der Waals surface area contributed by atoms with Crippen molar-refractivity contribution < 1.29 is 9.90 Å². The summed E-state index contributed by atoms with van der Waals surface area (Å²) in [5.41, 5.74) is 2.31. The lowest BCUT2D eigenvalue weighted by atomic mass is 10.1. The van der Waals surface area contributed by atoms with Crippen molar-refractivity contribution in [2.75, 3.05) is 13.6 Å². The Labute approximate surface area is 127 Å². The van der Waals surface area contributed by atoms with Crippen molar-refractivity contribution >= 4 is 5.91 Å². The Kier molecular flexibility index (Phi) is 5.37. The number of carbonyl (C=O) groups excluding carboxylic acids is 1. The molecule has 2 rings (SSSR count). The average Bonchev–Trinajstić information content (AvgIpc) is 3.30. The fourth-order valence-electron chi connectivity index (χ4n) is 2.33. The maximum absolute atomic E-state index is 12.2. The summed E-state index contributed by atoms with van der Waals surface area (Å²) in [6.45, 7) is 5.03. The van der Waals surface area contributed by atoms with Gasteiger partial charge in [0, 0.05) is 13.1 Å². The highest BCUT2D eigenvalue weighted by Gasteiger charge is 2.31. The van der Waals surface area contributed by atoms with Crippen LogP contribution in [0.1, 0.15) is 30.9 Å². The number of aliphatic hydroxyl groups excluding tert-OH is 1. The molecule has 0 aromatic heterocycles. The molecule has 1 saturated carbocycles. The van der Waals surface area contributed by atoms with Crippen LogP contribution in [0, 0.1) is 12.8 Å². The van der Waals surface area contributed by atoms with Crippen LogP contribution in [0.4, 0.5) is 0 Å². The molecule has 2 atom stereocenters. The van der Waals surface area contributed by atoms with Crippen molar-refractivity contribution in [1.82, 2.24) is 10.2 Å². The summed E-state index contributed by atoms with van der Waals surface area (Å²) >= 11 is 0. The normalized spacial score (nSPS) is 17.6. The maximum atomic E-state index is 12.2. The van der Waals surface area contributed by atoms with E-state index in [0.29, 0.717) is 19.0 Å². The van der Waals surface area contributed by atoms with Crippen molar-refractivity contribution in [3.63, 3.8) is 0 Å². The number of nitrogens with one attached hydrogen (secondary N) is 1. The second-order valence-electron chi connectivity index (χ2n) is 6.22. The van der Waals surface area contributed by atoms with Crippen molar-refractivity contribution in [1.29, 1.82) is 0 Å². The van der Waals surface area contributed by atoms with Gasteiger partial charge in [0.15, 0.2) is 0 Å². The minimum Gasteiger partial charge on any atom is -0.392 e. The molecule has 0 saturated heterocycles. The Balaban J connectivity index is 1.77. The summed E-state index contributed by atoms with van der Waals surface area (Å²) in [4.78, 5) is 14.1. The molecule has 1 aliphatic carbocycles. The van der Waals surface area contributed by atoms with Crippen molar-refractivity contribution in [2.24, 2.45) is 5.92 Å². The van der Waals surface area contributed by atoms with Gasteiger partial charge in [-0.2, -0.15) is 0 Å². The highest BCUT2D eigenvalue weighted by molar-refractivity contribution is 5.81. The maximum Gasteiger partial charge on any atom is 0.237 e. The van der Waals surface area contributed by atoms with Gasteiger partial charge in [-0.3, -0.25) is 9.69 Å². The lowest BCUT2D eigenvalue weighted by molar-refractivity contribution is -0.126. The average molecular weight is 290 g/mol. The third kappa shape index (κ3) is 4.83. The Morgan fingerprint density at radius 2 is 2.00 bits per heavy atom. The van der Waals surface area contributed by atoms with Gasteiger partial charge < -0.3 is 10.4 Å². The van der Waals surface area contributed by atoms with E-state index in [1.54, 1.807) is 0 Å². The summed E-state index contributed by atoms with van der Waals surface area (Å²) in [5, 5.41) is 12.9. The first kappa shape index (κ1) is 16.0. The minimum absolute atomic E-state index is 0.000993. The number of hydrogen-bond donors (Lipinski definition) is 2. The topological polar surface area (TPSA) is 52.6 Å². The number of rotatable bonds is 7. The van der Waals surface area contributed by atoms with Crippen molar-refractivity contribution in [3.05, 3.63) is 35.4 Å². The number of likely N-dealkylation sites (N-methyl/N-ethyl adjacent to an activating group) is 1. The predicted molar refractivity (Wildman–Crippen MR) is 83.8 cm³/mol. The number of aryl methyl sites for hydroxylation is 1. The molecule has 1 aliphatic rings. The molecule has 1 fully saturated rings. The van der Waals surface area contributed by atoms with Gasteiger partial charge in [-0.25, -0.2) is 0 Å². The third-order valence-corrected chi connectivity index (χ3v) is 4.27. The SMILES string of the molecule is Cc1ccc(CNC(=O)C(C)N(C)CC(O)C2CC2)cc1. The van der Waals surface area contributed by atoms with Crippen LogP contribution in [-0.2, 0) is 11.3 Å². The van der Waals surface area contributed by atoms with Gasteiger partial charge in [-0.05, 0) is 45.2 Å². The second-order valence-corrected chi connectivity index (χ2v) is 6.22. The van der Waals surface area contributed by atoms with E-state index in [1.807, 2.05) is 50.1 Å². The van der Waals surface area contributed by atoms with Crippen molar-refractivity contribution in [2.45, 2.75) is 45.4 Å². The monoisotopic (exact) mass is 290 g/mol. The molecule has 0 radical (unpaired) electrons. The van der Waals surface area contributed by atoms with Crippen LogP contribution in [0.15, 0.2) is 24.3 Å². The highest BCUT2D eigenvalue weighted by atomic mass is 16.3. The van der Waals surface area contributed by atoms with Crippen LogP contribution in [-0.4, -0.2) is 41.7 Å². The lowest BCUT2D eigenvalue weighted by Crippen LogP contribution is -2.45. The first-order valence-corrected chi connectivity index (χ1v) is 7.69. The number of aliphatic hydroxyl groups is 1. The first-order valence-electron chi connectivity index (χ1n) is 7.69. The van der Waals surface area contributed by atoms with Crippen LogP contribution >= 0.6 is 0 Å². The summed E-state index contributed by atoms with van der Waals surface area (Å²) < 4.78 is 0. The first-order chi connectivity index (χ1) is 9.97. The zero-order chi connectivity index (χ0) is 15.4. The minimum atomic E-state index is -0.303. The van der Waals surface area contributed by atoms with Gasteiger partial charge >= 0.3 is 0 Å². The molecule has 1 aromatic carbocycles. The summed E-state index contributed by atoms with van der Waals surface area (Å²) in [6, 6.07) is 7.91. The van der Waals surface area contributed by atoms with E-state index in [-0.39, 0.29) is 18.1 Å². The zero-order valence-electron chi connectivity index (χ0n) is 13.2. The molecule has 2 N–H and O–H groups in total. The number of hydrogen-bond acceptors (Lipinski definition) is 3. The smallest absolute Gasteiger partial charge is 0.237 e.